The third-order valence-corrected chi connectivity index (χ3v) is 7.89. The number of carbonyl (C=O) groups excluding carboxylic acids is 1. The topological polar surface area (TPSA) is 17.1 Å². The van der Waals surface area contributed by atoms with Crippen molar-refractivity contribution in [1.82, 2.24) is 0 Å². The van der Waals surface area contributed by atoms with Gasteiger partial charge in [0.2, 0.25) is 0 Å². The smallest absolute Gasteiger partial charge is 0.137 e. The molecular weight excluding hydrogens is 256 g/mol. The molecule has 0 aromatic carbocycles. The Morgan fingerprint density at radius 3 is 2.76 bits per heavy atom. The second-order valence-electron chi connectivity index (χ2n) is 8.49. The molecule has 0 radical (unpaired) electrons. The Hall–Kier alpha value is -0.590. The highest BCUT2D eigenvalue weighted by Crippen LogP contribution is 2.63. The summed E-state index contributed by atoms with van der Waals surface area (Å²) < 4.78 is 0. The van der Waals surface area contributed by atoms with E-state index in [0.717, 1.165) is 42.9 Å². The third kappa shape index (κ3) is 1.99. The minimum Gasteiger partial charge on any atom is -0.299 e. The minimum atomic E-state index is 0.500. The monoisotopic (exact) mass is 286 g/mol. The predicted octanol–water partition coefficient (Wildman–Crippen LogP) is 5.30. The highest BCUT2D eigenvalue weighted by molar-refractivity contribution is 5.82. The van der Waals surface area contributed by atoms with Crippen molar-refractivity contribution in [3.05, 3.63) is 11.1 Å². The SMILES string of the molecule is CC[C@H]1CCC2C3CCC4=C(CCC(=O)C4)C3CCC21C. The molecule has 2 saturated carbocycles. The van der Waals surface area contributed by atoms with Crippen molar-refractivity contribution in [3.8, 4) is 0 Å². The van der Waals surface area contributed by atoms with Gasteiger partial charge in [0.15, 0.2) is 0 Å². The Kier molecular flexibility index (Phi) is 3.32. The van der Waals surface area contributed by atoms with Crippen LogP contribution < -0.4 is 0 Å². The molecule has 4 aliphatic carbocycles. The van der Waals surface area contributed by atoms with E-state index in [0.29, 0.717) is 11.2 Å². The number of fused-ring (bicyclic) bond motifs is 4. The molecule has 1 nitrogen and oxygen atoms in total. The van der Waals surface area contributed by atoms with Gasteiger partial charge in [0.25, 0.3) is 0 Å². The summed E-state index contributed by atoms with van der Waals surface area (Å²) in [6.07, 6.45) is 12.6. The highest BCUT2D eigenvalue weighted by atomic mass is 16.1. The van der Waals surface area contributed by atoms with Gasteiger partial charge in [-0.1, -0.05) is 31.4 Å². The molecule has 1 heteroatoms. The van der Waals surface area contributed by atoms with Crippen molar-refractivity contribution >= 4 is 5.78 Å². The van der Waals surface area contributed by atoms with Crippen molar-refractivity contribution in [3.63, 3.8) is 0 Å². The quantitative estimate of drug-likeness (QED) is 0.598. The number of hydrogen-bond donors (Lipinski definition) is 0. The Morgan fingerprint density at radius 1 is 1.10 bits per heavy atom. The van der Waals surface area contributed by atoms with E-state index in [1.807, 2.05) is 0 Å². The first-order chi connectivity index (χ1) is 10.1. The highest BCUT2D eigenvalue weighted by Gasteiger charge is 2.54. The molecule has 0 amide bonds. The molecule has 0 aliphatic heterocycles. The largest absolute Gasteiger partial charge is 0.299 e. The molecule has 0 N–H and O–H groups in total. The number of allylic oxidation sites excluding steroid dienone is 2. The van der Waals surface area contributed by atoms with Crippen LogP contribution in [0, 0.1) is 29.1 Å². The van der Waals surface area contributed by atoms with Crippen molar-refractivity contribution in [2.45, 2.75) is 78.1 Å². The maximum absolute atomic E-state index is 11.8. The van der Waals surface area contributed by atoms with E-state index in [4.69, 9.17) is 0 Å². The fourth-order valence-corrected chi connectivity index (χ4v) is 6.83. The molecule has 0 saturated heterocycles. The zero-order chi connectivity index (χ0) is 14.6. The van der Waals surface area contributed by atoms with Crippen LogP contribution in [0.3, 0.4) is 0 Å². The van der Waals surface area contributed by atoms with E-state index in [1.54, 1.807) is 11.1 Å². The van der Waals surface area contributed by atoms with Gasteiger partial charge in [-0.15, -0.1) is 0 Å². The van der Waals surface area contributed by atoms with Crippen LogP contribution in [-0.4, -0.2) is 5.78 Å². The van der Waals surface area contributed by atoms with Crippen LogP contribution in [0.5, 0.6) is 0 Å². The van der Waals surface area contributed by atoms with Crippen LogP contribution in [0.1, 0.15) is 78.1 Å². The van der Waals surface area contributed by atoms with Crippen molar-refractivity contribution in [1.29, 1.82) is 0 Å². The summed E-state index contributed by atoms with van der Waals surface area (Å²) in [6, 6.07) is 0. The van der Waals surface area contributed by atoms with Crippen LogP contribution >= 0.6 is 0 Å². The fraction of sp³-hybridized carbons (Fsp3) is 0.850. The molecule has 0 aromatic rings. The minimum absolute atomic E-state index is 0.500. The van der Waals surface area contributed by atoms with Gasteiger partial charge >= 0.3 is 0 Å². The van der Waals surface area contributed by atoms with Gasteiger partial charge in [0.05, 0.1) is 0 Å². The van der Waals surface area contributed by atoms with Gasteiger partial charge in [-0.05, 0) is 74.0 Å². The number of rotatable bonds is 1. The third-order valence-electron chi connectivity index (χ3n) is 7.89. The summed E-state index contributed by atoms with van der Waals surface area (Å²) in [5.41, 5.74) is 3.97. The van der Waals surface area contributed by atoms with Crippen molar-refractivity contribution in [2.75, 3.05) is 0 Å². The molecule has 2 fully saturated rings. The van der Waals surface area contributed by atoms with E-state index < -0.39 is 0 Å². The lowest BCUT2D eigenvalue weighted by Gasteiger charge is -2.52. The molecular formula is C20H30O. The van der Waals surface area contributed by atoms with Crippen LogP contribution in [0.4, 0.5) is 0 Å². The fourth-order valence-electron chi connectivity index (χ4n) is 6.83. The first kappa shape index (κ1) is 14.0. The van der Waals surface area contributed by atoms with Crippen molar-refractivity contribution in [2.24, 2.45) is 29.1 Å². The van der Waals surface area contributed by atoms with Gasteiger partial charge in [-0.25, -0.2) is 0 Å². The van der Waals surface area contributed by atoms with E-state index in [2.05, 4.69) is 13.8 Å². The number of Topliss-reactive ketones (excluding diaryl/α,β-unsaturated/α-hetero) is 1. The van der Waals surface area contributed by atoms with Crippen molar-refractivity contribution < 1.29 is 4.79 Å². The van der Waals surface area contributed by atoms with E-state index >= 15 is 0 Å². The lowest BCUT2D eigenvalue weighted by atomic mass is 9.53. The first-order valence-corrected chi connectivity index (χ1v) is 9.36. The number of carbonyl (C=O) groups is 1. The molecule has 21 heavy (non-hydrogen) atoms. The predicted molar refractivity (Wildman–Crippen MR) is 85.9 cm³/mol. The van der Waals surface area contributed by atoms with E-state index in [-0.39, 0.29) is 0 Å². The lowest BCUT2D eigenvalue weighted by molar-refractivity contribution is -0.119. The summed E-state index contributed by atoms with van der Waals surface area (Å²) in [7, 11) is 0. The molecule has 0 bridgehead atoms. The molecule has 0 aromatic heterocycles. The Balaban J connectivity index is 1.63. The summed E-state index contributed by atoms with van der Waals surface area (Å²) in [4.78, 5) is 11.8. The molecule has 0 spiro atoms. The second kappa shape index (κ2) is 4.96. The van der Waals surface area contributed by atoms with Gasteiger partial charge in [-0.2, -0.15) is 0 Å². The van der Waals surface area contributed by atoms with Gasteiger partial charge in [0.1, 0.15) is 5.78 Å². The van der Waals surface area contributed by atoms with Gasteiger partial charge in [0, 0.05) is 12.8 Å². The van der Waals surface area contributed by atoms with Gasteiger partial charge in [-0.3, -0.25) is 4.79 Å². The summed E-state index contributed by atoms with van der Waals surface area (Å²) in [6.45, 7) is 5.02. The lowest BCUT2D eigenvalue weighted by Crippen LogP contribution is -2.43. The van der Waals surface area contributed by atoms with E-state index in [9.17, 15) is 4.79 Å². The zero-order valence-corrected chi connectivity index (χ0v) is 13.8. The normalized spacial score (nSPS) is 46.1. The molecule has 0 heterocycles. The Labute approximate surface area is 129 Å². The summed E-state index contributed by atoms with van der Waals surface area (Å²) in [5, 5.41) is 0. The molecule has 5 atom stereocenters. The maximum atomic E-state index is 11.8. The Bertz CT molecular complexity index is 488. The summed E-state index contributed by atoms with van der Waals surface area (Å²) >= 11 is 0. The standard InChI is InChI=1S/C20H30O/c1-3-14-5-9-19-18-7-4-13-12-15(21)6-8-16(13)17(18)10-11-20(14,19)2/h14,17-19H,3-12H2,1-2H3/t14-,17?,18?,19?,20?/m0/s1. The molecule has 4 rings (SSSR count). The summed E-state index contributed by atoms with van der Waals surface area (Å²) in [5.74, 6) is 4.27. The van der Waals surface area contributed by atoms with Crippen LogP contribution in [0.15, 0.2) is 11.1 Å². The Morgan fingerprint density at radius 2 is 1.95 bits per heavy atom. The maximum Gasteiger partial charge on any atom is 0.137 e. The van der Waals surface area contributed by atoms with Gasteiger partial charge < -0.3 is 0 Å². The van der Waals surface area contributed by atoms with E-state index in [1.165, 1.54) is 44.9 Å². The number of ketones is 1. The van der Waals surface area contributed by atoms with Crippen LogP contribution in [0.25, 0.3) is 0 Å². The first-order valence-electron chi connectivity index (χ1n) is 9.36. The van der Waals surface area contributed by atoms with Crippen LogP contribution in [0.2, 0.25) is 0 Å². The average Bonchev–Trinajstić information content (AvgIpc) is 2.83. The molecule has 4 unspecified atom stereocenters. The molecule has 116 valence electrons. The average molecular weight is 286 g/mol. The zero-order valence-electron chi connectivity index (χ0n) is 13.8. The number of hydrogen-bond acceptors (Lipinski definition) is 1. The molecule has 4 aliphatic rings. The second-order valence-corrected chi connectivity index (χ2v) is 8.49. The van der Waals surface area contributed by atoms with Crippen LogP contribution in [-0.2, 0) is 4.79 Å².